The molecule has 1 N–H and O–H groups in total. The summed E-state index contributed by atoms with van der Waals surface area (Å²) in [5.74, 6) is 2.07. The Balaban J connectivity index is 1.57. The number of ether oxygens (including phenoxy) is 3. The van der Waals surface area contributed by atoms with Gasteiger partial charge in [-0.2, -0.15) is 0 Å². The molecule has 37 heavy (non-hydrogen) atoms. The smallest absolute Gasteiger partial charge is 0.416 e. The maximum absolute atomic E-state index is 13.4. The number of benzene rings is 2. The standard InChI is InChI=1S/C28H37NO6S2/c1-2-18-37(28(32)34-21-24-15-9-6-10-16-24)19-12-4-3-11-17-25(22-36-37)35-27(31)29-26(30)33-20-23-13-7-5-8-14-23/h5-10,13-16,25H,2-4,11-12,17-22H2,1H3,(H,29,30,31)/t25-/m1/s1. The van der Waals surface area contributed by atoms with Crippen molar-refractivity contribution in [2.45, 2.75) is 64.8 Å². The molecule has 0 aromatic heterocycles. The lowest BCUT2D eigenvalue weighted by atomic mass is 10.1. The van der Waals surface area contributed by atoms with Gasteiger partial charge >= 0.3 is 17.5 Å². The van der Waals surface area contributed by atoms with E-state index in [9.17, 15) is 14.4 Å². The third-order valence-corrected chi connectivity index (χ3v) is 12.8. The van der Waals surface area contributed by atoms with Gasteiger partial charge in [-0.05, 0) is 48.3 Å². The largest absolute Gasteiger partial charge is 0.453 e. The molecule has 2 amide bonds. The quantitative estimate of drug-likeness (QED) is 0.217. The van der Waals surface area contributed by atoms with Gasteiger partial charge in [-0.1, -0.05) is 100 Å². The van der Waals surface area contributed by atoms with Crippen molar-refractivity contribution >= 4 is 37.3 Å². The van der Waals surface area contributed by atoms with E-state index in [-0.39, 0.29) is 18.5 Å². The number of alkyl carbamates (subject to hydrolysis) is 2. The van der Waals surface area contributed by atoms with Crippen molar-refractivity contribution in [1.29, 1.82) is 0 Å². The molecule has 1 saturated heterocycles. The highest BCUT2D eigenvalue weighted by Gasteiger charge is 2.35. The first-order chi connectivity index (χ1) is 18.0. The number of hydrogen-bond acceptors (Lipinski definition) is 7. The van der Waals surface area contributed by atoms with Crippen molar-refractivity contribution < 1.29 is 28.6 Å². The molecule has 2 atom stereocenters. The van der Waals surface area contributed by atoms with Crippen LogP contribution in [0.2, 0.25) is 0 Å². The highest BCUT2D eigenvalue weighted by molar-refractivity contribution is 8.99. The van der Waals surface area contributed by atoms with E-state index >= 15 is 0 Å². The highest BCUT2D eigenvalue weighted by atomic mass is 33.2. The molecule has 202 valence electrons. The van der Waals surface area contributed by atoms with E-state index in [4.69, 9.17) is 14.2 Å². The Hall–Kier alpha value is -2.65. The Morgan fingerprint density at radius 2 is 1.49 bits per heavy atom. The van der Waals surface area contributed by atoms with Crippen LogP contribution in [0, 0.1) is 0 Å². The van der Waals surface area contributed by atoms with Crippen molar-refractivity contribution in [3.05, 3.63) is 71.8 Å². The first kappa shape index (κ1) is 28.9. The van der Waals surface area contributed by atoms with Crippen molar-refractivity contribution in [2.24, 2.45) is 0 Å². The number of nitrogens with one attached hydrogen (secondary N) is 1. The number of hydrogen-bond donors (Lipinski definition) is 1. The monoisotopic (exact) mass is 547 g/mol. The van der Waals surface area contributed by atoms with E-state index in [2.05, 4.69) is 12.2 Å². The summed E-state index contributed by atoms with van der Waals surface area (Å²) in [6.45, 7) is 2.40. The normalized spacial score (nSPS) is 22.0. The van der Waals surface area contributed by atoms with Crippen LogP contribution in [-0.2, 0) is 27.4 Å². The Kier molecular flexibility index (Phi) is 12.2. The molecule has 2 aromatic rings. The first-order valence-electron chi connectivity index (χ1n) is 12.8. The maximum atomic E-state index is 13.4. The molecule has 1 heterocycles. The molecule has 3 rings (SSSR count). The molecule has 9 heteroatoms. The fourth-order valence-electron chi connectivity index (χ4n) is 4.05. The lowest BCUT2D eigenvalue weighted by molar-refractivity contribution is 0.0943. The van der Waals surface area contributed by atoms with Gasteiger partial charge in [0, 0.05) is 5.75 Å². The van der Waals surface area contributed by atoms with Crippen LogP contribution in [-0.4, -0.2) is 40.9 Å². The van der Waals surface area contributed by atoms with E-state index < -0.39 is 27.4 Å². The topological polar surface area (TPSA) is 90.9 Å². The summed E-state index contributed by atoms with van der Waals surface area (Å²) in [6.07, 6.45) is 3.41. The molecule has 0 aliphatic carbocycles. The van der Waals surface area contributed by atoms with Crippen molar-refractivity contribution in [3.8, 4) is 0 Å². The Bertz CT molecular complexity index is 991. The van der Waals surface area contributed by atoms with Gasteiger partial charge in [0.25, 0.3) is 0 Å². The molecule has 1 aliphatic heterocycles. The van der Waals surface area contributed by atoms with Gasteiger partial charge in [0.15, 0.2) is 0 Å². The number of amides is 2. The minimum absolute atomic E-state index is 0.0627. The van der Waals surface area contributed by atoms with Gasteiger partial charge in [0.1, 0.15) is 19.3 Å². The van der Waals surface area contributed by atoms with E-state index in [1.54, 1.807) is 10.8 Å². The van der Waals surface area contributed by atoms with E-state index in [1.165, 1.54) is 0 Å². The molecular formula is C28H37NO6S2. The summed E-state index contributed by atoms with van der Waals surface area (Å²) >= 11 is 0. The fourth-order valence-corrected chi connectivity index (χ4v) is 10.4. The fraction of sp³-hybridized carbons (Fsp3) is 0.464. The van der Waals surface area contributed by atoms with Crippen LogP contribution in [0.15, 0.2) is 60.7 Å². The SMILES string of the molecule is CCCS1(C(=O)OCc2ccccc2)CCCCCC[C@@H](OC(=O)NC(=O)OCc2ccccc2)CS1. The zero-order chi connectivity index (χ0) is 26.3. The van der Waals surface area contributed by atoms with Crippen molar-refractivity contribution in [1.82, 2.24) is 5.32 Å². The number of imide groups is 1. The third-order valence-electron chi connectivity index (χ3n) is 5.96. The van der Waals surface area contributed by atoms with Crippen molar-refractivity contribution in [3.63, 3.8) is 0 Å². The molecule has 1 aliphatic rings. The van der Waals surface area contributed by atoms with Gasteiger partial charge in [0.05, 0.1) is 0 Å². The lowest BCUT2D eigenvalue weighted by Crippen LogP contribution is -2.35. The zero-order valence-electron chi connectivity index (χ0n) is 21.4. The second kappa shape index (κ2) is 15.6. The number of carbonyl (C=O) groups excluding carboxylic acids is 3. The Labute approximate surface area is 224 Å². The minimum atomic E-state index is -1.77. The molecule has 0 radical (unpaired) electrons. The molecule has 0 saturated carbocycles. The molecule has 0 spiro atoms. The predicted octanol–water partition coefficient (Wildman–Crippen LogP) is 7.58. The number of carbonyl (C=O) groups is 3. The molecule has 2 aromatic carbocycles. The molecule has 1 unspecified atom stereocenters. The Morgan fingerprint density at radius 1 is 0.865 bits per heavy atom. The molecule has 7 nitrogen and oxygen atoms in total. The van der Waals surface area contributed by atoms with Crippen LogP contribution >= 0.6 is 19.9 Å². The van der Waals surface area contributed by atoms with Crippen LogP contribution in [0.3, 0.4) is 0 Å². The summed E-state index contributed by atoms with van der Waals surface area (Å²) in [4.78, 5) is 37.9. The highest BCUT2D eigenvalue weighted by Crippen LogP contribution is 2.63. The summed E-state index contributed by atoms with van der Waals surface area (Å²) in [5, 5.41) is 2.02. The summed E-state index contributed by atoms with van der Waals surface area (Å²) in [7, 11) is -0.175. The van der Waals surface area contributed by atoms with Gasteiger partial charge in [0.2, 0.25) is 0 Å². The summed E-state index contributed by atoms with van der Waals surface area (Å²) < 4.78 is 16.6. The van der Waals surface area contributed by atoms with Crippen LogP contribution in [0.25, 0.3) is 0 Å². The maximum Gasteiger partial charge on any atom is 0.416 e. The van der Waals surface area contributed by atoms with Crippen LogP contribution < -0.4 is 5.32 Å². The van der Waals surface area contributed by atoms with Gasteiger partial charge in [-0.15, -0.1) is 0 Å². The van der Waals surface area contributed by atoms with Crippen LogP contribution in [0.4, 0.5) is 14.4 Å². The molecular weight excluding hydrogens is 510 g/mol. The van der Waals surface area contributed by atoms with E-state index in [0.29, 0.717) is 12.2 Å². The van der Waals surface area contributed by atoms with Crippen molar-refractivity contribution in [2.75, 3.05) is 17.3 Å². The van der Waals surface area contributed by atoms with Gasteiger partial charge in [-0.25, -0.2) is 19.7 Å². The predicted molar refractivity (Wildman–Crippen MR) is 150 cm³/mol. The Morgan fingerprint density at radius 3 is 2.14 bits per heavy atom. The minimum Gasteiger partial charge on any atom is -0.453 e. The summed E-state index contributed by atoms with van der Waals surface area (Å²) in [5.41, 5.74) is 1.79. The van der Waals surface area contributed by atoms with Gasteiger partial charge in [-0.3, -0.25) is 0 Å². The number of rotatable bonds is 7. The average molecular weight is 548 g/mol. The zero-order valence-corrected chi connectivity index (χ0v) is 23.0. The third kappa shape index (κ3) is 9.97. The average Bonchev–Trinajstić information content (AvgIpc) is 2.91. The van der Waals surface area contributed by atoms with E-state index in [0.717, 1.165) is 54.7 Å². The lowest BCUT2D eigenvalue weighted by Gasteiger charge is -2.37. The van der Waals surface area contributed by atoms with Gasteiger partial charge < -0.3 is 14.2 Å². The van der Waals surface area contributed by atoms with Crippen LogP contribution in [0.1, 0.15) is 56.6 Å². The second-order valence-electron chi connectivity index (χ2n) is 8.95. The molecule has 1 fully saturated rings. The van der Waals surface area contributed by atoms with Crippen LogP contribution in [0.5, 0.6) is 0 Å². The molecule has 0 bridgehead atoms. The first-order valence-corrected chi connectivity index (χ1v) is 16.3. The van der Waals surface area contributed by atoms with E-state index in [1.807, 2.05) is 60.7 Å². The summed E-state index contributed by atoms with van der Waals surface area (Å²) in [6, 6.07) is 18.9. The second-order valence-corrected chi connectivity index (χ2v) is 14.9.